The molecule has 1 fully saturated rings. The molecule has 1 saturated heterocycles. The van der Waals surface area contributed by atoms with E-state index in [-0.39, 0.29) is 28.9 Å². The Kier molecular flexibility index (Phi) is 6.16. The maximum atomic E-state index is 12.6. The highest BCUT2D eigenvalue weighted by Gasteiger charge is 2.40. The molecule has 1 amide bonds. The number of rotatable bonds is 4. The third kappa shape index (κ3) is 4.98. The zero-order valence-electron chi connectivity index (χ0n) is 16.6. The van der Waals surface area contributed by atoms with Crippen LogP contribution in [0.4, 0.5) is 0 Å². The minimum atomic E-state index is -3.70. The van der Waals surface area contributed by atoms with E-state index >= 15 is 0 Å². The number of nitrogens with two attached hydrogens (primary N) is 1. The fourth-order valence-corrected chi connectivity index (χ4v) is 4.14. The smallest absolute Gasteiger partial charge is 0.242 e. The topological polar surface area (TPSA) is 108 Å². The molecule has 3 N–H and O–H groups in total. The number of hydrogen-bond acceptors (Lipinski definition) is 4. The molecular weight excluding hydrogens is 366 g/mol. The van der Waals surface area contributed by atoms with Gasteiger partial charge in [0, 0.05) is 26.2 Å². The first-order chi connectivity index (χ1) is 12.5. The van der Waals surface area contributed by atoms with Crippen molar-refractivity contribution in [1.82, 2.24) is 15.1 Å². The Hall–Kier alpha value is -2.13. The SMILES string of the molecule is CN=C(NCc1ccc(S(N)(=O)=O)cc1)N1CC(=O)N(C(C)C)C(C)(C)C1. The lowest BCUT2D eigenvalue weighted by molar-refractivity contribution is -0.145. The van der Waals surface area contributed by atoms with Gasteiger partial charge >= 0.3 is 0 Å². The lowest BCUT2D eigenvalue weighted by atomic mass is 9.96. The fraction of sp³-hybridized carbons (Fsp3) is 0.556. The van der Waals surface area contributed by atoms with Crippen LogP contribution in [0.25, 0.3) is 0 Å². The van der Waals surface area contributed by atoms with Crippen LogP contribution in [-0.4, -0.2) is 61.8 Å². The van der Waals surface area contributed by atoms with Crippen LogP contribution in [0.2, 0.25) is 0 Å². The van der Waals surface area contributed by atoms with E-state index in [2.05, 4.69) is 24.2 Å². The molecule has 0 bridgehead atoms. The van der Waals surface area contributed by atoms with Crippen LogP contribution in [0.15, 0.2) is 34.2 Å². The van der Waals surface area contributed by atoms with E-state index in [1.807, 2.05) is 23.6 Å². The summed E-state index contributed by atoms with van der Waals surface area (Å²) >= 11 is 0. The number of nitrogens with zero attached hydrogens (tertiary/aromatic N) is 3. The van der Waals surface area contributed by atoms with Crippen molar-refractivity contribution in [3.8, 4) is 0 Å². The van der Waals surface area contributed by atoms with E-state index in [9.17, 15) is 13.2 Å². The van der Waals surface area contributed by atoms with Crippen LogP contribution in [0.5, 0.6) is 0 Å². The molecule has 1 aromatic rings. The molecular formula is C18H29N5O3S. The quantitative estimate of drug-likeness (QED) is 0.577. The standard InChI is InChI=1S/C18H29N5O3S/c1-13(2)23-16(24)11-22(12-18(23,3)4)17(20-5)21-10-14-6-8-15(9-7-14)27(19,25)26/h6-9,13H,10-12H2,1-5H3,(H,20,21)(H2,19,25,26). The monoisotopic (exact) mass is 395 g/mol. The lowest BCUT2D eigenvalue weighted by Crippen LogP contribution is -2.66. The van der Waals surface area contributed by atoms with Crippen LogP contribution in [0, 0.1) is 0 Å². The minimum absolute atomic E-state index is 0.0710. The van der Waals surface area contributed by atoms with E-state index in [1.165, 1.54) is 12.1 Å². The van der Waals surface area contributed by atoms with Crippen LogP contribution >= 0.6 is 0 Å². The second kappa shape index (κ2) is 7.85. The number of hydrogen-bond donors (Lipinski definition) is 2. The third-order valence-corrected chi connectivity index (χ3v) is 5.48. The Bertz CT molecular complexity index is 816. The van der Waals surface area contributed by atoms with E-state index < -0.39 is 10.0 Å². The van der Waals surface area contributed by atoms with Gasteiger partial charge in [-0.15, -0.1) is 0 Å². The van der Waals surface area contributed by atoms with Gasteiger partial charge in [-0.3, -0.25) is 9.79 Å². The second-order valence-corrected chi connectivity index (χ2v) is 9.18. The summed E-state index contributed by atoms with van der Waals surface area (Å²) in [5, 5.41) is 8.35. The van der Waals surface area contributed by atoms with Gasteiger partial charge in [0.05, 0.1) is 17.0 Å². The first kappa shape index (κ1) is 21.2. The Morgan fingerprint density at radius 3 is 2.33 bits per heavy atom. The van der Waals surface area contributed by atoms with Crippen molar-refractivity contribution in [2.24, 2.45) is 10.1 Å². The van der Waals surface area contributed by atoms with Gasteiger partial charge in [-0.1, -0.05) is 12.1 Å². The van der Waals surface area contributed by atoms with E-state index in [0.29, 0.717) is 19.0 Å². The van der Waals surface area contributed by atoms with Gasteiger partial charge in [0.15, 0.2) is 5.96 Å². The summed E-state index contributed by atoms with van der Waals surface area (Å²) in [5.41, 5.74) is 0.577. The maximum Gasteiger partial charge on any atom is 0.242 e. The Balaban J connectivity index is 2.07. The Morgan fingerprint density at radius 1 is 1.30 bits per heavy atom. The molecule has 8 nitrogen and oxygen atoms in total. The molecule has 0 unspecified atom stereocenters. The number of sulfonamides is 1. The molecule has 0 radical (unpaired) electrons. The van der Waals surface area contributed by atoms with Gasteiger partial charge in [0.2, 0.25) is 15.9 Å². The molecule has 0 spiro atoms. The number of primary sulfonamides is 1. The lowest BCUT2D eigenvalue weighted by Gasteiger charge is -2.49. The first-order valence-electron chi connectivity index (χ1n) is 8.85. The summed E-state index contributed by atoms with van der Waals surface area (Å²) in [5.74, 6) is 0.706. The van der Waals surface area contributed by atoms with Crippen molar-refractivity contribution in [3.63, 3.8) is 0 Å². The molecule has 9 heteroatoms. The number of piperazine rings is 1. The molecule has 1 heterocycles. The average Bonchev–Trinajstić information content (AvgIpc) is 2.53. The number of benzene rings is 1. The van der Waals surface area contributed by atoms with Gasteiger partial charge in [-0.2, -0.15) is 0 Å². The van der Waals surface area contributed by atoms with Gasteiger partial charge < -0.3 is 15.1 Å². The molecule has 0 saturated carbocycles. The van der Waals surface area contributed by atoms with Crippen molar-refractivity contribution in [1.29, 1.82) is 0 Å². The van der Waals surface area contributed by atoms with Crippen molar-refractivity contribution >= 4 is 21.9 Å². The summed E-state index contributed by atoms with van der Waals surface area (Å²) in [7, 11) is -2.02. The summed E-state index contributed by atoms with van der Waals surface area (Å²) in [6.45, 7) is 9.54. The van der Waals surface area contributed by atoms with Crippen molar-refractivity contribution in [2.75, 3.05) is 20.1 Å². The summed E-state index contributed by atoms with van der Waals surface area (Å²) in [4.78, 5) is 20.9. The van der Waals surface area contributed by atoms with Gasteiger partial charge in [0.25, 0.3) is 0 Å². The molecule has 2 rings (SSSR count). The van der Waals surface area contributed by atoms with Crippen LogP contribution < -0.4 is 10.5 Å². The largest absolute Gasteiger partial charge is 0.352 e. The summed E-state index contributed by atoms with van der Waals surface area (Å²) in [6, 6.07) is 6.49. The number of carbonyl (C=O) groups excluding carboxylic acids is 1. The van der Waals surface area contributed by atoms with Crippen molar-refractivity contribution < 1.29 is 13.2 Å². The zero-order chi connectivity index (χ0) is 20.4. The number of guanidine groups is 1. The number of nitrogens with one attached hydrogen (secondary N) is 1. The Labute approximate surface area is 161 Å². The normalized spacial score (nSPS) is 18.2. The van der Waals surface area contributed by atoms with E-state index in [4.69, 9.17) is 5.14 Å². The molecule has 150 valence electrons. The van der Waals surface area contributed by atoms with Crippen LogP contribution in [0.3, 0.4) is 0 Å². The van der Waals surface area contributed by atoms with Gasteiger partial charge in [0.1, 0.15) is 0 Å². The zero-order valence-corrected chi connectivity index (χ0v) is 17.4. The van der Waals surface area contributed by atoms with E-state index in [1.54, 1.807) is 19.2 Å². The highest BCUT2D eigenvalue weighted by atomic mass is 32.2. The number of carbonyl (C=O) groups is 1. The predicted molar refractivity (Wildman–Crippen MR) is 106 cm³/mol. The van der Waals surface area contributed by atoms with Gasteiger partial charge in [-0.05, 0) is 45.4 Å². The highest BCUT2D eigenvalue weighted by molar-refractivity contribution is 7.89. The molecule has 0 atom stereocenters. The van der Waals surface area contributed by atoms with Crippen LogP contribution in [0.1, 0.15) is 33.3 Å². The molecule has 1 aromatic carbocycles. The molecule has 0 aliphatic carbocycles. The summed E-state index contributed by atoms with van der Waals surface area (Å²) in [6.07, 6.45) is 0. The third-order valence-electron chi connectivity index (χ3n) is 4.56. The number of amides is 1. The molecule has 1 aliphatic rings. The molecule has 0 aromatic heterocycles. The van der Waals surface area contributed by atoms with Crippen molar-refractivity contribution in [2.45, 2.75) is 50.7 Å². The minimum Gasteiger partial charge on any atom is -0.352 e. The first-order valence-corrected chi connectivity index (χ1v) is 10.4. The average molecular weight is 396 g/mol. The van der Waals surface area contributed by atoms with E-state index in [0.717, 1.165) is 5.56 Å². The van der Waals surface area contributed by atoms with Crippen LogP contribution in [-0.2, 0) is 21.4 Å². The highest BCUT2D eigenvalue weighted by Crippen LogP contribution is 2.24. The number of aliphatic imine (C=N–C) groups is 1. The Morgan fingerprint density at radius 2 is 1.89 bits per heavy atom. The summed E-state index contributed by atoms with van der Waals surface area (Å²) < 4.78 is 22.7. The maximum absolute atomic E-state index is 12.6. The fourth-order valence-electron chi connectivity index (χ4n) is 3.62. The van der Waals surface area contributed by atoms with Gasteiger partial charge in [-0.25, -0.2) is 13.6 Å². The predicted octanol–water partition coefficient (Wildman–Crippen LogP) is 0.741. The van der Waals surface area contributed by atoms with Crippen molar-refractivity contribution in [3.05, 3.63) is 29.8 Å². The second-order valence-electron chi connectivity index (χ2n) is 7.62. The molecule has 1 aliphatic heterocycles. The molecule has 27 heavy (non-hydrogen) atoms.